The number of hydrogen-bond donors (Lipinski definition) is 0. The zero-order chi connectivity index (χ0) is 12.2. The first-order valence-corrected chi connectivity index (χ1v) is 4.25. The van der Waals surface area contributed by atoms with Gasteiger partial charge in [0, 0.05) is 5.56 Å². The summed E-state index contributed by atoms with van der Waals surface area (Å²) >= 11 is 0. The minimum atomic E-state index is -4.44. The predicted molar refractivity (Wildman–Crippen MR) is 46.8 cm³/mol. The summed E-state index contributed by atoms with van der Waals surface area (Å²) < 4.78 is 52.5. The smallest absolute Gasteiger partial charge is 0.367 e. The minimum absolute atomic E-state index is 0.0664. The van der Waals surface area contributed by atoms with Crippen LogP contribution in [0.15, 0.2) is 18.2 Å². The second kappa shape index (κ2) is 4.94. The van der Waals surface area contributed by atoms with Crippen molar-refractivity contribution in [2.45, 2.75) is 12.8 Å². The highest BCUT2D eigenvalue weighted by Crippen LogP contribution is 2.17. The van der Waals surface area contributed by atoms with Crippen LogP contribution in [0.25, 0.3) is 0 Å². The molecule has 0 atom stereocenters. The van der Waals surface area contributed by atoms with Gasteiger partial charge in [0.25, 0.3) is 0 Å². The van der Waals surface area contributed by atoms with Crippen molar-refractivity contribution in [2.24, 2.45) is 0 Å². The van der Waals surface area contributed by atoms with Gasteiger partial charge < -0.3 is 4.74 Å². The van der Waals surface area contributed by atoms with Crippen LogP contribution >= 0.6 is 0 Å². The fourth-order valence-corrected chi connectivity index (χ4v) is 1.03. The molecule has 86 valence electrons. The summed E-state index contributed by atoms with van der Waals surface area (Å²) in [4.78, 5) is 0. The normalized spacial score (nSPS) is 11.2. The Balaban J connectivity index is 2.64. The lowest BCUT2D eigenvalue weighted by Crippen LogP contribution is -2.17. The third kappa shape index (κ3) is 3.87. The molecule has 1 aromatic carbocycles. The van der Waals surface area contributed by atoms with Crippen LogP contribution in [0.5, 0.6) is 0 Å². The molecule has 1 rings (SSSR count). The van der Waals surface area contributed by atoms with E-state index < -0.39 is 25.2 Å². The van der Waals surface area contributed by atoms with E-state index in [1.807, 2.05) is 0 Å². The van der Waals surface area contributed by atoms with Gasteiger partial charge in [0.15, 0.2) is 0 Å². The van der Waals surface area contributed by atoms with Crippen molar-refractivity contribution >= 4 is 0 Å². The van der Waals surface area contributed by atoms with Crippen LogP contribution in [0.4, 0.5) is 17.6 Å². The number of rotatable bonds is 3. The molecule has 2 nitrogen and oxygen atoms in total. The van der Waals surface area contributed by atoms with E-state index in [1.165, 1.54) is 6.07 Å². The third-order valence-electron chi connectivity index (χ3n) is 1.70. The largest absolute Gasteiger partial charge is 0.411 e. The van der Waals surface area contributed by atoms with Crippen molar-refractivity contribution in [3.8, 4) is 6.07 Å². The first-order valence-electron chi connectivity index (χ1n) is 4.25. The number of nitrogens with zero attached hydrogens (tertiary/aromatic N) is 1. The lowest BCUT2D eigenvalue weighted by Gasteiger charge is -2.08. The van der Waals surface area contributed by atoms with Crippen molar-refractivity contribution in [3.05, 3.63) is 35.1 Å². The molecule has 0 saturated heterocycles. The van der Waals surface area contributed by atoms with Gasteiger partial charge in [-0.25, -0.2) is 4.39 Å². The Morgan fingerprint density at radius 2 is 2.00 bits per heavy atom. The molecule has 0 aliphatic carbocycles. The Hall–Kier alpha value is -1.61. The van der Waals surface area contributed by atoms with Gasteiger partial charge in [-0.3, -0.25) is 0 Å². The van der Waals surface area contributed by atoms with Gasteiger partial charge in [0.2, 0.25) is 0 Å². The second-order valence-corrected chi connectivity index (χ2v) is 3.03. The van der Waals surface area contributed by atoms with Gasteiger partial charge in [0.05, 0.1) is 18.2 Å². The summed E-state index contributed by atoms with van der Waals surface area (Å²) in [5.74, 6) is -0.693. The number of benzene rings is 1. The molecule has 0 amide bonds. The lowest BCUT2D eigenvalue weighted by molar-refractivity contribution is -0.176. The molecule has 1 aromatic rings. The van der Waals surface area contributed by atoms with E-state index in [0.717, 1.165) is 12.1 Å². The molecule has 0 saturated carbocycles. The van der Waals surface area contributed by atoms with Crippen LogP contribution in [0, 0.1) is 17.1 Å². The van der Waals surface area contributed by atoms with E-state index >= 15 is 0 Å². The van der Waals surface area contributed by atoms with Crippen LogP contribution in [-0.2, 0) is 11.3 Å². The average molecular weight is 233 g/mol. The molecule has 16 heavy (non-hydrogen) atoms. The highest BCUT2D eigenvalue weighted by Gasteiger charge is 2.27. The summed E-state index contributed by atoms with van der Waals surface area (Å²) in [6.07, 6.45) is -4.44. The van der Waals surface area contributed by atoms with Crippen molar-refractivity contribution < 1.29 is 22.3 Å². The molecule has 0 spiro atoms. The fraction of sp³-hybridized carbons (Fsp3) is 0.300. The van der Waals surface area contributed by atoms with Gasteiger partial charge in [-0.05, 0) is 18.2 Å². The first-order chi connectivity index (χ1) is 7.42. The molecule has 0 aliphatic rings. The maximum absolute atomic E-state index is 13.1. The van der Waals surface area contributed by atoms with Crippen LogP contribution in [0.1, 0.15) is 11.1 Å². The zero-order valence-corrected chi connectivity index (χ0v) is 8.01. The Morgan fingerprint density at radius 1 is 1.31 bits per heavy atom. The number of ether oxygens (including phenoxy) is 1. The summed E-state index contributed by atoms with van der Waals surface area (Å²) in [5, 5.41) is 8.51. The highest BCUT2D eigenvalue weighted by atomic mass is 19.4. The second-order valence-electron chi connectivity index (χ2n) is 3.03. The van der Waals surface area contributed by atoms with E-state index in [4.69, 9.17) is 5.26 Å². The van der Waals surface area contributed by atoms with Gasteiger partial charge in [-0.1, -0.05) is 0 Å². The molecule has 0 aliphatic heterocycles. The Kier molecular flexibility index (Phi) is 3.85. The molecule has 0 fully saturated rings. The van der Waals surface area contributed by atoms with Crippen molar-refractivity contribution in [1.82, 2.24) is 0 Å². The van der Waals surface area contributed by atoms with Gasteiger partial charge in [0.1, 0.15) is 12.4 Å². The SMILES string of the molecule is N#Cc1ccc(F)c(COCC(F)(F)F)c1. The van der Waals surface area contributed by atoms with Crippen LogP contribution in [-0.4, -0.2) is 12.8 Å². The number of nitriles is 1. The maximum atomic E-state index is 13.1. The molecule has 0 bridgehead atoms. The molecule has 0 heterocycles. The monoisotopic (exact) mass is 233 g/mol. The topological polar surface area (TPSA) is 33.0 Å². The first kappa shape index (κ1) is 12.5. The molecule has 0 unspecified atom stereocenters. The van der Waals surface area contributed by atoms with Crippen molar-refractivity contribution in [3.63, 3.8) is 0 Å². The summed E-state index contributed by atoms with van der Waals surface area (Å²) in [5.41, 5.74) is 0.107. The maximum Gasteiger partial charge on any atom is 0.411 e. The van der Waals surface area contributed by atoms with E-state index in [2.05, 4.69) is 4.74 Å². The van der Waals surface area contributed by atoms with Gasteiger partial charge >= 0.3 is 6.18 Å². The van der Waals surface area contributed by atoms with Crippen LogP contribution in [0.3, 0.4) is 0 Å². The third-order valence-corrected chi connectivity index (χ3v) is 1.70. The highest BCUT2D eigenvalue weighted by molar-refractivity contribution is 5.33. The Morgan fingerprint density at radius 3 is 2.56 bits per heavy atom. The number of alkyl halides is 3. The zero-order valence-electron chi connectivity index (χ0n) is 8.01. The van der Waals surface area contributed by atoms with Crippen molar-refractivity contribution in [1.29, 1.82) is 5.26 Å². The number of halogens is 4. The summed E-state index contributed by atoms with van der Waals surface area (Å²) in [6, 6.07) is 5.17. The predicted octanol–water partition coefficient (Wildman–Crippen LogP) is 2.78. The molecular formula is C10H7F4NO. The summed E-state index contributed by atoms with van der Waals surface area (Å²) in [7, 11) is 0. The standard InChI is InChI=1S/C10H7F4NO/c11-9-2-1-7(4-15)3-8(9)5-16-6-10(12,13)14/h1-3H,5-6H2. The van der Waals surface area contributed by atoms with E-state index in [0.29, 0.717) is 0 Å². The van der Waals surface area contributed by atoms with Gasteiger partial charge in [-0.15, -0.1) is 0 Å². The molecule has 0 radical (unpaired) electrons. The van der Waals surface area contributed by atoms with Crippen LogP contribution in [0.2, 0.25) is 0 Å². The molecular weight excluding hydrogens is 226 g/mol. The van der Waals surface area contributed by atoms with Gasteiger partial charge in [-0.2, -0.15) is 18.4 Å². The van der Waals surface area contributed by atoms with Crippen LogP contribution < -0.4 is 0 Å². The molecule has 0 aromatic heterocycles. The summed E-state index contributed by atoms with van der Waals surface area (Å²) in [6.45, 7) is -1.95. The molecule has 6 heteroatoms. The molecule has 0 N–H and O–H groups in total. The lowest BCUT2D eigenvalue weighted by atomic mass is 10.1. The van der Waals surface area contributed by atoms with E-state index in [9.17, 15) is 17.6 Å². The van der Waals surface area contributed by atoms with E-state index in [-0.39, 0.29) is 11.1 Å². The Bertz CT molecular complexity index is 408. The Labute approximate surface area is 89.1 Å². The van der Waals surface area contributed by atoms with Crippen molar-refractivity contribution in [2.75, 3.05) is 6.61 Å². The fourth-order valence-electron chi connectivity index (χ4n) is 1.03. The number of hydrogen-bond acceptors (Lipinski definition) is 2. The quantitative estimate of drug-likeness (QED) is 0.752. The minimum Gasteiger partial charge on any atom is -0.367 e. The van der Waals surface area contributed by atoms with E-state index in [1.54, 1.807) is 6.07 Å². The average Bonchev–Trinajstić information content (AvgIpc) is 2.19.